The standard InChI is InChI=1S/C23H14BrCl2NO3/c24-17-3-1-2-15(11-17)22-27-21(23(28)30-22)10-14-4-8-19(9-5-14)29-13-16-6-7-18(25)12-20(16)26/h1-12H,13H2/b21-10+. The number of rotatable bonds is 5. The summed E-state index contributed by atoms with van der Waals surface area (Å²) in [6.07, 6.45) is 1.67. The number of hydrogen-bond acceptors (Lipinski definition) is 4. The van der Waals surface area contributed by atoms with E-state index >= 15 is 0 Å². The van der Waals surface area contributed by atoms with Crippen molar-refractivity contribution in [2.45, 2.75) is 6.61 Å². The van der Waals surface area contributed by atoms with Gasteiger partial charge in [-0.15, -0.1) is 0 Å². The molecule has 1 aliphatic heterocycles. The third kappa shape index (κ3) is 4.93. The molecule has 0 fully saturated rings. The normalized spacial score (nSPS) is 14.6. The quantitative estimate of drug-likeness (QED) is 0.289. The summed E-state index contributed by atoms with van der Waals surface area (Å²) in [4.78, 5) is 16.5. The second-order valence-electron chi connectivity index (χ2n) is 6.44. The summed E-state index contributed by atoms with van der Waals surface area (Å²) in [6, 6.07) is 20.0. The van der Waals surface area contributed by atoms with Gasteiger partial charge in [0.1, 0.15) is 12.4 Å². The first-order valence-electron chi connectivity index (χ1n) is 8.93. The SMILES string of the molecule is O=C1OC(c2cccc(Br)c2)=N/C1=C/c1ccc(OCc2ccc(Cl)cc2Cl)cc1. The second-order valence-corrected chi connectivity index (χ2v) is 8.20. The van der Waals surface area contributed by atoms with Crippen molar-refractivity contribution in [1.29, 1.82) is 0 Å². The molecule has 1 aliphatic rings. The molecule has 4 rings (SSSR count). The predicted octanol–water partition coefficient (Wildman–Crippen LogP) is 6.68. The predicted molar refractivity (Wildman–Crippen MR) is 122 cm³/mol. The van der Waals surface area contributed by atoms with Gasteiger partial charge in [-0.2, -0.15) is 0 Å². The third-order valence-electron chi connectivity index (χ3n) is 4.29. The van der Waals surface area contributed by atoms with E-state index in [1.54, 1.807) is 18.2 Å². The molecule has 0 bridgehead atoms. The molecule has 0 aliphatic carbocycles. The fourth-order valence-electron chi connectivity index (χ4n) is 2.77. The van der Waals surface area contributed by atoms with E-state index in [4.69, 9.17) is 32.7 Å². The van der Waals surface area contributed by atoms with Gasteiger partial charge in [0.05, 0.1) is 0 Å². The van der Waals surface area contributed by atoms with Crippen molar-refractivity contribution < 1.29 is 14.3 Å². The molecule has 0 atom stereocenters. The lowest BCUT2D eigenvalue weighted by Gasteiger charge is -2.08. The van der Waals surface area contributed by atoms with Crippen LogP contribution >= 0.6 is 39.1 Å². The fraction of sp³-hybridized carbons (Fsp3) is 0.0435. The second kappa shape index (κ2) is 9.04. The monoisotopic (exact) mass is 501 g/mol. The van der Waals surface area contributed by atoms with Gasteiger partial charge in [0.25, 0.3) is 0 Å². The molecule has 150 valence electrons. The molecule has 4 nitrogen and oxygen atoms in total. The minimum absolute atomic E-state index is 0.242. The van der Waals surface area contributed by atoms with Crippen LogP contribution in [0.25, 0.3) is 6.08 Å². The topological polar surface area (TPSA) is 47.9 Å². The van der Waals surface area contributed by atoms with Crippen molar-refractivity contribution in [2.75, 3.05) is 0 Å². The molecule has 0 N–H and O–H groups in total. The Morgan fingerprint density at radius 3 is 2.57 bits per heavy atom. The fourth-order valence-corrected chi connectivity index (χ4v) is 3.63. The van der Waals surface area contributed by atoms with Gasteiger partial charge in [-0.25, -0.2) is 9.79 Å². The van der Waals surface area contributed by atoms with Gasteiger partial charge in [0.2, 0.25) is 5.90 Å². The first-order chi connectivity index (χ1) is 14.5. The average molecular weight is 503 g/mol. The third-order valence-corrected chi connectivity index (χ3v) is 5.37. The van der Waals surface area contributed by atoms with E-state index in [-0.39, 0.29) is 11.6 Å². The van der Waals surface area contributed by atoms with E-state index in [2.05, 4.69) is 20.9 Å². The summed E-state index contributed by atoms with van der Waals surface area (Å²) in [5.41, 5.74) is 2.62. The summed E-state index contributed by atoms with van der Waals surface area (Å²) in [5, 5.41) is 1.14. The molecule has 3 aromatic rings. The van der Waals surface area contributed by atoms with Crippen LogP contribution in [0.2, 0.25) is 10.0 Å². The van der Waals surface area contributed by atoms with E-state index in [1.165, 1.54) is 0 Å². The highest BCUT2D eigenvalue weighted by atomic mass is 79.9. The van der Waals surface area contributed by atoms with Crippen molar-refractivity contribution in [3.8, 4) is 5.75 Å². The molecule has 0 spiro atoms. The molecular weight excluding hydrogens is 489 g/mol. The lowest BCUT2D eigenvalue weighted by Crippen LogP contribution is -2.05. The highest BCUT2D eigenvalue weighted by molar-refractivity contribution is 9.10. The maximum atomic E-state index is 12.2. The lowest BCUT2D eigenvalue weighted by molar-refractivity contribution is -0.129. The van der Waals surface area contributed by atoms with Crippen molar-refractivity contribution in [3.05, 3.63) is 104 Å². The number of hydrogen-bond donors (Lipinski definition) is 0. The van der Waals surface area contributed by atoms with Crippen LogP contribution in [0.3, 0.4) is 0 Å². The zero-order valence-corrected chi connectivity index (χ0v) is 18.5. The van der Waals surface area contributed by atoms with Gasteiger partial charge in [-0.1, -0.05) is 63.4 Å². The van der Waals surface area contributed by atoms with Gasteiger partial charge in [0.15, 0.2) is 5.70 Å². The van der Waals surface area contributed by atoms with Gasteiger partial charge in [0, 0.05) is 25.6 Å². The Morgan fingerprint density at radius 2 is 1.83 bits per heavy atom. The molecule has 3 aromatic carbocycles. The van der Waals surface area contributed by atoms with Crippen LogP contribution in [0.1, 0.15) is 16.7 Å². The Balaban J connectivity index is 1.46. The number of nitrogens with zero attached hydrogens (tertiary/aromatic N) is 1. The molecule has 0 saturated heterocycles. The number of carbonyl (C=O) groups excluding carboxylic acids is 1. The number of ether oxygens (including phenoxy) is 2. The van der Waals surface area contributed by atoms with Crippen molar-refractivity contribution >= 4 is 57.1 Å². The van der Waals surface area contributed by atoms with Crippen molar-refractivity contribution in [2.24, 2.45) is 4.99 Å². The van der Waals surface area contributed by atoms with Gasteiger partial charge in [-0.05, 0) is 54.1 Å². The van der Waals surface area contributed by atoms with E-state index in [9.17, 15) is 4.79 Å². The first-order valence-corrected chi connectivity index (χ1v) is 10.5. The number of aliphatic imine (C=N–C) groups is 1. The maximum Gasteiger partial charge on any atom is 0.363 e. The van der Waals surface area contributed by atoms with Crippen LogP contribution in [0.15, 0.2) is 81.9 Å². The maximum absolute atomic E-state index is 12.2. The van der Waals surface area contributed by atoms with Crippen LogP contribution in [0.5, 0.6) is 5.75 Å². The molecule has 0 aromatic heterocycles. The summed E-state index contributed by atoms with van der Waals surface area (Å²) < 4.78 is 11.9. The Hall–Kier alpha value is -2.60. The molecule has 0 amide bonds. The van der Waals surface area contributed by atoms with E-state index in [0.29, 0.717) is 22.4 Å². The minimum Gasteiger partial charge on any atom is -0.489 e. The van der Waals surface area contributed by atoms with Crippen LogP contribution in [-0.4, -0.2) is 11.9 Å². The molecule has 0 saturated carbocycles. The number of benzene rings is 3. The van der Waals surface area contributed by atoms with E-state index in [0.717, 1.165) is 21.2 Å². The summed E-state index contributed by atoms with van der Waals surface area (Å²) >= 11 is 15.5. The first kappa shape index (κ1) is 20.7. The van der Waals surface area contributed by atoms with Crippen LogP contribution in [0, 0.1) is 0 Å². The molecule has 0 radical (unpaired) electrons. The summed E-state index contributed by atoms with van der Waals surface area (Å²) in [5.74, 6) is 0.477. The average Bonchev–Trinajstić information content (AvgIpc) is 3.09. The molecule has 7 heteroatoms. The van der Waals surface area contributed by atoms with E-state index < -0.39 is 5.97 Å². The minimum atomic E-state index is -0.484. The highest BCUT2D eigenvalue weighted by Gasteiger charge is 2.24. The van der Waals surface area contributed by atoms with Crippen molar-refractivity contribution in [1.82, 2.24) is 0 Å². The molecule has 0 unspecified atom stereocenters. The van der Waals surface area contributed by atoms with Crippen LogP contribution in [0.4, 0.5) is 0 Å². The van der Waals surface area contributed by atoms with E-state index in [1.807, 2.05) is 54.6 Å². The van der Waals surface area contributed by atoms with Crippen LogP contribution in [-0.2, 0) is 16.1 Å². The molecule has 1 heterocycles. The number of halogens is 3. The van der Waals surface area contributed by atoms with Gasteiger partial charge in [-0.3, -0.25) is 0 Å². The zero-order valence-electron chi connectivity index (χ0n) is 15.4. The van der Waals surface area contributed by atoms with Crippen LogP contribution < -0.4 is 4.74 Å². The van der Waals surface area contributed by atoms with Gasteiger partial charge < -0.3 is 9.47 Å². The Bertz CT molecular complexity index is 1170. The Morgan fingerprint density at radius 1 is 1.03 bits per heavy atom. The number of esters is 1. The number of cyclic esters (lactones) is 1. The highest BCUT2D eigenvalue weighted by Crippen LogP contribution is 2.24. The number of carbonyl (C=O) groups is 1. The Kier molecular flexibility index (Phi) is 6.23. The summed E-state index contributed by atoms with van der Waals surface area (Å²) in [6.45, 7) is 0.322. The smallest absolute Gasteiger partial charge is 0.363 e. The molecular formula is C23H14BrCl2NO3. The van der Waals surface area contributed by atoms with Crippen molar-refractivity contribution in [3.63, 3.8) is 0 Å². The van der Waals surface area contributed by atoms with Gasteiger partial charge >= 0.3 is 5.97 Å². The zero-order chi connectivity index (χ0) is 21.1. The molecule has 30 heavy (non-hydrogen) atoms. The lowest BCUT2D eigenvalue weighted by atomic mass is 10.2. The largest absolute Gasteiger partial charge is 0.489 e. The Labute approximate surface area is 191 Å². The summed E-state index contributed by atoms with van der Waals surface area (Å²) in [7, 11) is 0.